The maximum atomic E-state index is 12.8. The second-order valence-electron chi connectivity index (χ2n) is 9.31. The van der Waals surface area contributed by atoms with Gasteiger partial charge in [-0.25, -0.2) is 13.4 Å². The number of fused-ring (bicyclic) bond motifs is 1. The number of rotatable bonds is 12. The second kappa shape index (κ2) is 11.4. The van der Waals surface area contributed by atoms with Gasteiger partial charge in [0.1, 0.15) is 23.5 Å². The number of amides is 1. The van der Waals surface area contributed by atoms with E-state index in [1.165, 1.54) is 24.6 Å². The van der Waals surface area contributed by atoms with E-state index in [4.69, 9.17) is 9.15 Å². The van der Waals surface area contributed by atoms with Crippen LogP contribution in [0.1, 0.15) is 29.6 Å². The van der Waals surface area contributed by atoms with Crippen LogP contribution in [0.3, 0.4) is 0 Å². The number of carbonyl (C=O) groups is 1. The van der Waals surface area contributed by atoms with Crippen molar-refractivity contribution >= 4 is 38.3 Å². The minimum absolute atomic E-state index is 0.151. The molecule has 1 amide bonds. The smallest absolute Gasteiger partial charge is 0.254 e. The highest BCUT2D eigenvalue weighted by Crippen LogP contribution is 2.33. The summed E-state index contributed by atoms with van der Waals surface area (Å²) in [4.78, 5) is 20.7. The number of aromatic nitrogens is 2. The van der Waals surface area contributed by atoms with Crippen molar-refractivity contribution in [1.29, 1.82) is 0 Å². The monoisotopic (exact) mass is 551 g/mol. The first-order valence-corrected chi connectivity index (χ1v) is 14.2. The van der Waals surface area contributed by atoms with Crippen molar-refractivity contribution < 1.29 is 27.5 Å². The molecule has 2 heterocycles. The zero-order chi connectivity index (χ0) is 27.4. The lowest BCUT2D eigenvalue weighted by molar-refractivity contribution is 0.0964. The Morgan fingerprint density at radius 3 is 2.85 bits per heavy atom. The summed E-state index contributed by atoms with van der Waals surface area (Å²) in [6.07, 6.45) is 5.15. The summed E-state index contributed by atoms with van der Waals surface area (Å²) in [5.74, 6) is 0.820. The molecule has 0 spiro atoms. The Morgan fingerprint density at radius 2 is 2.05 bits per heavy atom. The Bertz CT molecular complexity index is 1580. The van der Waals surface area contributed by atoms with Crippen molar-refractivity contribution in [1.82, 2.24) is 20.6 Å². The van der Waals surface area contributed by atoms with Gasteiger partial charge >= 0.3 is 0 Å². The number of carbonyl (C=O) groups excluding carboxylic acids is 1. The third-order valence-corrected chi connectivity index (χ3v) is 7.95. The van der Waals surface area contributed by atoms with E-state index in [0.717, 1.165) is 12.8 Å². The van der Waals surface area contributed by atoms with Gasteiger partial charge in [0.15, 0.2) is 9.84 Å². The quantitative estimate of drug-likeness (QED) is 0.192. The third-order valence-electron chi connectivity index (χ3n) is 6.40. The molecule has 0 radical (unpaired) electrons. The van der Waals surface area contributed by atoms with E-state index in [-0.39, 0.29) is 34.6 Å². The molecule has 0 bridgehead atoms. The van der Waals surface area contributed by atoms with E-state index < -0.39 is 9.84 Å². The van der Waals surface area contributed by atoms with Gasteiger partial charge in [-0.1, -0.05) is 6.07 Å². The minimum atomic E-state index is -3.58. The molecule has 0 saturated heterocycles. The van der Waals surface area contributed by atoms with Crippen LogP contribution in [0.2, 0.25) is 0 Å². The van der Waals surface area contributed by atoms with Crippen LogP contribution in [0.15, 0.2) is 70.3 Å². The van der Waals surface area contributed by atoms with Crippen LogP contribution in [-0.2, 0) is 9.84 Å². The number of nitrogens with one attached hydrogen (secondary N) is 3. The summed E-state index contributed by atoms with van der Waals surface area (Å²) < 4.78 is 37.0. The van der Waals surface area contributed by atoms with Gasteiger partial charge < -0.3 is 30.2 Å². The molecule has 1 aliphatic carbocycles. The number of sulfone groups is 1. The molecule has 1 saturated carbocycles. The summed E-state index contributed by atoms with van der Waals surface area (Å²) in [5, 5.41) is 19.1. The van der Waals surface area contributed by atoms with Gasteiger partial charge in [-0.3, -0.25) is 4.79 Å². The topological polar surface area (TPSA) is 156 Å². The number of hydrogen-bond acceptors (Lipinski definition) is 10. The number of anilines is 2. The fraction of sp³-hybridized carbons (Fsp3) is 0.296. The van der Waals surface area contributed by atoms with E-state index >= 15 is 0 Å². The lowest BCUT2D eigenvalue weighted by Gasteiger charge is -2.11. The van der Waals surface area contributed by atoms with Gasteiger partial charge in [-0.15, -0.1) is 0 Å². The maximum Gasteiger partial charge on any atom is 0.254 e. The highest BCUT2D eigenvalue weighted by Gasteiger charge is 2.29. The zero-order valence-electron chi connectivity index (χ0n) is 21.3. The van der Waals surface area contributed by atoms with Crippen LogP contribution in [-0.4, -0.2) is 55.0 Å². The Morgan fingerprint density at radius 1 is 1.21 bits per heavy atom. The molecule has 4 N–H and O–H groups in total. The highest BCUT2D eigenvalue weighted by molar-refractivity contribution is 7.91. The Hall–Kier alpha value is -4.00. The van der Waals surface area contributed by atoms with Gasteiger partial charge in [0.25, 0.3) is 5.91 Å². The fourth-order valence-electron chi connectivity index (χ4n) is 4.12. The number of ether oxygens (including phenoxy) is 1. The summed E-state index contributed by atoms with van der Waals surface area (Å²) in [7, 11) is -2.03. The van der Waals surface area contributed by atoms with Gasteiger partial charge in [0.05, 0.1) is 16.6 Å². The van der Waals surface area contributed by atoms with Crippen molar-refractivity contribution in [3.8, 4) is 11.6 Å². The van der Waals surface area contributed by atoms with E-state index in [0.29, 0.717) is 46.9 Å². The molecule has 39 heavy (non-hydrogen) atoms. The van der Waals surface area contributed by atoms with E-state index in [1.807, 2.05) is 0 Å². The van der Waals surface area contributed by atoms with E-state index in [1.54, 1.807) is 43.4 Å². The number of aliphatic hydroxyl groups excluding tert-OH is 1. The van der Waals surface area contributed by atoms with Gasteiger partial charge in [-0.05, 0) is 62.1 Å². The molecular weight excluding hydrogens is 522 g/mol. The maximum absolute atomic E-state index is 12.8. The summed E-state index contributed by atoms with van der Waals surface area (Å²) in [5.41, 5.74) is 1.42. The minimum Gasteiger partial charge on any atom is -0.463 e. The van der Waals surface area contributed by atoms with Crippen LogP contribution in [0, 0.1) is 5.92 Å². The molecule has 1 fully saturated rings. The molecule has 1 atom stereocenters. The second-order valence-corrected chi connectivity index (χ2v) is 11.3. The average Bonchev–Trinajstić information content (AvgIpc) is 3.70. The molecule has 204 valence electrons. The van der Waals surface area contributed by atoms with Gasteiger partial charge in [-0.2, -0.15) is 4.98 Å². The van der Waals surface area contributed by atoms with E-state index in [2.05, 4.69) is 25.9 Å². The lowest BCUT2D eigenvalue weighted by atomic mass is 10.1. The predicted octanol–water partition coefficient (Wildman–Crippen LogP) is 3.60. The van der Waals surface area contributed by atoms with Crippen LogP contribution in [0.4, 0.5) is 11.6 Å². The number of aliphatic hydroxyl groups is 1. The third kappa shape index (κ3) is 6.53. The largest absolute Gasteiger partial charge is 0.463 e. The van der Waals surface area contributed by atoms with Crippen LogP contribution < -0.4 is 20.7 Å². The Balaban J connectivity index is 1.22. The summed E-state index contributed by atoms with van der Waals surface area (Å²) in [6, 6.07) is 13.1. The first-order chi connectivity index (χ1) is 18.8. The average molecular weight is 552 g/mol. The molecule has 1 unspecified atom stereocenters. The lowest BCUT2D eigenvalue weighted by Crippen LogP contribution is -2.27. The highest BCUT2D eigenvalue weighted by atomic mass is 32.2. The number of furan rings is 1. The Labute approximate surface area is 225 Å². The molecule has 1 aliphatic rings. The fourth-order valence-corrected chi connectivity index (χ4v) is 5.29. The number of hydrogen-bond donors (Lipinski definition) is 4. The molecule has 2 aromatic heterocycles. The van der Waals surface area contributed by atoms with E-state index in [9.17, 15) is 18.3 Å². The summed E-state index contributed by atoms with van der Waals surface area (Å²) >= 11 is 0. The van der Waals surface area contributed by atoms with Crippen LogP contribution in [0.25, 0.3) is 11.0 Å². The van der Waals surface area contributed by atoms with Crippen molar-refractivity contribution in [3.05, 3.63) is 66.6 Å². The molecule has 11 nitrogen and oxygen atoms in total. The normalized spacial score (nSPS) is 14.2. The molecule has 2 aromatic carbocycles. The SMILES string of the molecule is CNC(=O)c1coc2cc(Oc3ccnc(Nc4cccc(S(=O)(=O)CNCCC(O)C5CC5)c4)n3)ccc12. The van der Waals surface area contributed by atoms with Crippen molar-refractivity contribution in [2.45, 2.75) is 30.3 Å². The molecule has 0 aliphatic heterocycles. The number of benzene rings is 2. The van der Waals surface area contributed by atoms with Crippen molar-refractivity contribution in [3.63, 3.8) is 0 Å². The van der Waals surface area contributed by atoms with Gasteiger partial charge in [0.2, 0.25) is 11.8 Å². The zero-order valence-corrected chi connectivity index (χ0v) is 22.1. The Kier molecular flexibility index (Phi) is 7.77. The first kappa shape index (κ1) is 26.6. The van der Waals surface area contributed by atoms with Crippen molar-refractivity contribution in [2.75, 3.05) is 24.8 Å². The van der Waals surface area contributed by atoms with Crippen LogP contribution in [0.5, 0.6) is 11.6 Å². The predicted molar refractivity (Wildman–Crippen MR) is 145 cm³/mol. The number of nitrogens with zero attached hydrogens (tertiary/aromatic N) is 2. The van der Waals surface area contributed by atoms with Gasteiger partial charge in [0, 0.05) is 36.5 Å². The van der Waals surface area contributed by atoms with Crippen molar-refractivity contribution in [2.24, 2.45) is 5.92 Å². The van der Waals surface area contributed by atoms with Crippen LogP contribution >= 0.6 is 0 Å². The standard InChI is InChI=1S/C27H29N5O6S/c1-28-26(34)22-15-37-24-14-19(7-8-21(22)24)38-25-10-12-30-27(32-25)31-18-3-2-4-20(13-18)39(35,36)16-29-11-9-23(33)17-5-6-17/h2-4,7-8,10,12-15,17,23,29,33H,5-6,9,11,16H2,1H3,(H,28,34)(H,30,31,32). The molecular formula is C27H29N5O6S. The molecule has 12 heteroatoms. The molecule has 4 aromatic rings. The first-order valence-electron chi connectivity index (χ1n) is 12.6. The molecule has 5 rings (SSSR count). The summed E-state index contributed by atoms with van der Waals surface area (Å²) in [6.45, 7) is 0.428.